The first kappa shape index (κ1) is 34.8. The molecule has 0 aliphatic rings. The van der Waals surface area contributed by atoms with Gasteiger partial charge in [0.25, 0.3) is 0 Å². The molecule has 13 heteroatoms. The van der Waals surface area contributed by atoms with Gasteiger partial charge in [0.2, 0.25) is 17.7 Å². The number of esters is 2. The number of anilines is 1. The number of amides is 4. The third kappa shape index (κ3) is 15.4. The summed E-state index contributed by atoms with van der Waals surface area (Å²) in [5.74, 6) is -4.12. The minimum absolute atomic E-state index is 0.0477. The van der Waals surface area contributed by atoms with E-state index in [0.29, 0.717) is 16.6 Å². The molecule has 0 spiro atoms. The van der Waals surface area contributed by atoms with E-state index in [1.165, 1.54) is 12.2 Å². The standard InChI is InChI=1S/C30H44N4O9/c1-8-41-25(37)17-15-22(28(39)42-9-2)33-27(38)26(19(3)4)34-24(36)18-31-23(35)16-12-20-10-13-21(14-11-20)32-29(40)43-30(5,6)7/h10-14,16,19,22,26H,8-9,15,17-18H2,1-7H3,(H,31,35)(H,32,40)(H,33,38)(H,34,36)/b16-12+/t22-,26-/m0/s1/i/hD. The number of carbonyl (C=O) groups excluding carboxylic acids is 6. The molecule has 0 fully saturated rings. The lowest BCUT2D eigenvalue weighted by molar-refractivity contribution is -0.149. The van der Waals surface area contributed by atoms with Crippen molar-refractivity contribution in [2.24, 2.45) is 5.92 Å². The summed E-state index contributed by atoms with van der Waals surface area (Å²) >= 11 is 0. The van der Waals surface area contributed by atoms with Gasteiger partial charge in [0.05, 0.1) is 19.8 Å². The highest BCUT2D eigenvalue weighted by Crippen LogP contribution is 2.14. The quantitative estimate of drug-likeness (QED) is 0.133. The van der Waals surface area contributed by atoms with E-state index in [2.05, 4.69) is 16.0 Å². The lowest BCUT2D eigenvalue weighted by Crippen LogP contribution is -2.55. The summed E-state index contributed by atoms with van der Waals surface area (Å²) in [4.78, 5) is 74.2. The van der Waals surface area contributed by atoms with E-state index in [0.717, 1.165) is 0 Å². The molecule has 4 amide bonds. The zero-order valence-electron chi connectivity index (χ0n) is 26.9. The fourth-order valence-electron chi connectivity index (χ4n) is 3.45. The van der Waals surface area contributed by atoms with Gasteiger partial charge >= 0.3 is 18.0 Å². The van der Waals surface area contributed by atoms with Crippen LogP contribution in [0, 0.1) is 5.92 Å². The molecule has 0 unspecified atom stereocenters. The molecule has 1 aromatic rings. The Bertz CT molecular complexity index is 1180. The van der Waals surface area contributed by atoms with Crippen LogP contribution in [0.15, 0.2) is 30.3 Å². The van der Waals surface area contributed by atoms with Gasteiger partial charge in [-0.1, -0.05) is 26.0 Å². The van der Waals surface area contributed by atoms with Crippen molar-refractivity contribution in [2.75, 3.05) is 25.1 Å². The van der Waals surface area contributed by atoms with E-state index in [9.17, 15) is 28.8 Å². The van der Waals surface area contributed by atoms with Gasteiger partial charge in [0.15, 0.2) is 1.41 Å². The predicted molar refractivity (Wildman–Crippen MR) is 160 cm³/mol. The number of benzene rings is 1. The topological polar surface area (TPSA) is 178 Å². The molecule has 0 saturated heterocycles. The van der Waals surface area contributed by atoms with Crippen molar-refractivity contribution in [2.45, 2.75) is 79.0 Å². The highest BCUT2D eigenvalue weighted by molar-refractivity contribution is 5.96. The van der Waals surface area contributed by atoms with Crippen LogP contribution in [-0.2, 0) is 38.2 Å². The summed E-state index contributed by atoms with van der Waals surface area (Å²) in [6.07, 6.45) is 1.84. The summed E-state index contributed by atoms with van der Waals surface area (Å²) in [7, 11) is 0. The van der Waals surface area contributed by atoms with Crippen LogP contribution in [-0.4, -0.2) is 73.2 Å². The molecule has 1 aromatic carbocycles. The maximum absolute atomic E-state index is 13.1. The van der Waals surface area contributed by atoms with Crippen LogP contribution in [0.1, 0.15) is 66.9 Å². The van der Waals surface area contributed by atoms with Crippen LogP contribution in [0.5, 0.6) is 0 Å². The van der Waals surface area contributed by atoms with Crippen LogP contribution in [0.2, 0.25) is 1.41 Å². The van der Waals surface area contributed by atoms with Gasteiger partial charge in [0, 0.05) is 18.2 Å². The first-order chi connectivity index (χ1) is 20.6. The number of hydrogen-bond donors (Lipinski definition) is 4. The van der Waals surface area contributed by atoms with Crippen molar-refractivity contribution in [1.29, 1.82) is 0 Å². The van der Waals surface area contributed by atoms with E-state index in [1.54, 1.807) is 72.7 Å². The number of ether oxygens (including phenoxy) is 3. The van der Waals surface area contributed by atoms with Gasteiger partial charge in [-0.2, -0.15) is 0 Å². The Morgan fingerprint density at radius 2 is 1.60 bits per heavy atom. The van der Waals surface area contributed by atoms with Crippen molar-refractivity contribution in [3.8, 4) is 0 Å². The fourth-order valence-corrected chi connectivity index (χ4v) is 3.45. The smallest absolute Gasteiger partial charge is 0.412 e. The van der Waals surface area contributed by atoms with E-state index < -0.39 is 65.9 Å². The van der Waals surface area contributed by atoms with Crippen LogP contribution >= 0.6 is 0 Å². The van der Waals surface area contributed by atoms with E-state index >= 15 is 0 Å². The molecule has 0 saturated carbocycles. The van der Waals surface area contributed by atoms with E-state index in [4.69, 9.17) is 15.6 Å². The summed E-state index contributed by atoms with van der Waals surface area (Å²) in [5, 5.41) is 7.91. The zero-order chi connectivity index (χ0) is 33.4. The second-order valence-electron chi connectivity index (χ2n) is 10.7. The number of rotatable bonds is 15. The number of carbonyl (C=O) groups is 6. The fraction of sp³-hybridized carbons (Fsp3) is 0.533. The van der Waals surface area contributed by atoms with Gasteiger partial charge in [-0.05, 0) is 70.7 Å². The molecule has 0 aliphatic heterocycles. The Kier molecular flexibility index (Phi) is 14.7. The van der Waals surface area contributed by atoms with Crippen LogP contribution in [0.4, 0.5) is 10.5 Å². The van der Waals surface area contributed by atoms with Gasteiger partial charge < -0.3 is 30.2 Å². The monoisotopic (exact) mass is 605 g/mol. The average molecular weight is 606 g/mol. The highest BCUT2D eigenvalue weighted by atomic mass is 16.6. The molecule has 4 N–H and O–H groups in total. The second kappa shape index (κ2) is 18.2. The van der Waals surface area contributed by atoms with Gasteiger partial charge in [-0.25, -0.2) is 9.59 Å². The third-order valence-corrected chi connectivity index (χ3v) is 5.41. The maximum atomic E-state index is 13.1. The zero-order valence-corrected chi connectivity index (χ0v) is 25.9. The molecular formula is C30H44N4O9. The second-order valence-corrected chi connectivity index (χ2v) is 10.7. The molecule has 0 aliphatic carbocycles. The Morgan fingerprint density at radius 1 is 0.977 bits per heavy atom. The predicted octanol–water partition coefficient (Wildman–Crippen LogP) is 2.70. The lowest BCUT2D eigenvalue weighted by Gasteiger charge is -2.24. The molecular weight excluding hydrogens is 560 g/mol. The first-order valence-corrected chi connectivity index (χ1v) is 14.1. The molecule has 0 bridgehead atoms. The molecule has 1 rings (SSSR count). The largest absolute Gasteiger partial charge is 0.466 e. The third-order valence-electron chi connectivity index (χ3n) is 5.41. The highest BCUT2D eigenvalue weighted by Gasteiger charge is 2.30. The molecule has 238 valence electrons. The maximum Gasteiger partial charge on any atom is 0.412 e. The Balaban J connectivity index is 2.76. The summed E-state index contributed by atoms with van der Waals surface area (Å²) in [5.41, 5.74) is 0.498. The average Bonchev–Trinajstić information content (AvgIpc) is 2.92. The summed E-state index contributed by atoms with van der Waals surface area (Å²) in [6, 6.07) is 4.09. The molecule has 2 atom stereocenters. The van der Waals surface area contributed by atoms with E-state index in [-0.39, 0.29) is 26.1 Å². The SMILES string of the molecule is [2H]N(C(=O)CNC(=O)/C=C/c1ccc(NC(=O)OC(C)(C)C)cc1)[C@H](C(=O)N[C@@H](CCC(=O)OCC)C(=O)OCC)C(C)C. The lowest BCUT2D eigenvalue weighted by atomic mass is 10.0. The van der Waals surface area contributed by atoms with Crippen LogP contribution in [0.25, 0.3) is 6.08 Å². The van der Waals surface area contributed by atoms with Gasteiger partial charge in [-0.3, -0.25) is 24.5 Å². The van der Waals surface area contributed by atoms with Gasteiger partial charge in [-0.15, -0.1) is 0 Å². The molecule has 0 aromatic heterocycles. The summed E-state index contributed by atoms with van der Waals surface area (Å²) in [6.45, 7) is 11.4. The minimum Gasteiger partial charge on any atom is -0.466 e. The van der Waals surface area contributed by atoms with Crippen molar-refractivity contribution < 1.29 is 44.4 Å². The Hall–Kier alpha value is -4.42. The van der Waals surface area contributed by atoms with Crippen molar-refractivity contribution in [3.05, 3.63) is 35.9 Å². The number of hydrogen-bond acceptors (Lipinski definition) is 9. The van der Waals surface area contributed by atoms with Crippen LogP contribution < -0.4 is 21.3 Å². The Morgan fingerprint density at radius 3 is 2.16 bits per heavy atom. The Labute approximate surface area is 253 Å². The molecule has 0 radical (unpaired) electrons. The number of nitrogens with one attached hydrogen (secondary N) is 4. The minimum atomic E-state index is -1.30. The molecule has 0 heterocycles. The first-order valence-electron chi connectivity index (χ1n) is 14.5. The normalized spacial score (nSPS) is 12.9. The van der Waals surface area contributed by atoms with Crippen molar-refractivity contribution in [1.82, 2.24) is 15.9 Å². The van der Waals surface area contributed by atoms with Crippen molar-refractivity contribution in [3.63, 3.8) is 0 Å². The molecule has 43 heavy (non-hydrogen) atoms. The van der Waals surface area contributed by atoms with Gasteiger partial charge in [0.1, 0.15) is 17.7 Å². The van der Waals surface area contributed by atoms with E-state index in [1.807, 2.05) is 0 Å². The summed E-state index contributed by atoms with van der Waals surface area (Å²) < 4.78 is 23.3. The molecule has 13 nitrogen and oxygen atoms in total. The van der Waals surface area contributed by atoms with Crippen LogP contribution in [0.3, 0.4) is 0 Å². The van der Waals surface area contributed by atoms with Crippen molar-refractivity contribution >= 4 is 47.5 Å².